The number of aryl methyl sites for hydroxylation is 1. The Kier molecular flexibility index (Phi) is 7.13. The van der Waals surface area contributed by atoms with Crippen molar-refractivity contribution in [2.75, 3.05) is 31.7 Å². The van der Waals surface area contributed by atoms with Gasteiger partial charge in [0, 0.05) is 36.7 Å². The molecule has 34 heavy (non-hydrogen) atoms. The zero-order valence-corrected chi connectivity index (χ0v) is 19.1. The maximum Gasteiger partial charge on any atom is 0.306 e. The molecule has 10 nitrogen and oxygen atoms in total. The van der Waals surface area contributed by atoms with Crippen molar-refractivity contribution in [1.82, 2.24) is 4.72 Å². The van der Waals surface area contributed by atoms with Crippen LogP contribution in [0.25, 0.3) is 0 Å². The molecule has 0 saturated heterocycles. The Balaban J connectivity index is 1.20. The Morgan fingerprint density at radius 3 is 2.65 bits per heavy atom. The molecule has 2 aliphatic rings. The fraction of sp³-hybridized carbons (Fsp3) is 0.348. The molecule has 0 fully saturated rings. The number of anilines is 1. The Morgan fingerprint density at radius 2 is 1.82 bits per heavy atom. The number of benzene rings is 2. The molecule has 2 heterocycles. The van der Waals surface area contributed by atoms with E-state index in [9.17, 15) is 22.8 Å². The highest BCUT2D eigenvalue weighted by Crippen LogP contribution is 2.32. The summed E-state index contributed by atoms with van der Waals surface area (Å²) >= 11 is 0. The first-order valence-corrected chi connectivity index (χ1v) is 12.3. The molecule has 11 heteroatoms. The molecule has 0 aliphatic carbocycles. The van der Waals surface area contributed by atoms with Crippen LogP contribution in [0.2, 0.25) is 0 Å². The number of hydrogen-bond donors (Lipinski definition) is 2. The fourth-order valence-corrected chi connectivity index (χ4v) is 4.66. The maximum absolute atomic E-state index is 12.5. The van der Waals surface area contributed by atoms with Crippen molar-refractivity contribution in [3.05, 3.63) is 47.5 Å². The van der Waals surface area contributed by atoms with Gasteiger partial charge in [0.25, 0.3) is 0 Å². The van der Waals surface area contributed by atoms with Crippen molar-refractivity contribution < 1.29 is 37.0 Å². The molecular formula is C23H24N2O8S. The van der Waals surface area contributed by atoms with Gasteiger partial charge in [0.2, 0.25) is 15.9 Å². The van der Waals surface area contributed by atoms with Crippen LogP contribution in [0.5, 0.6) is 11.5 Å². The van der Waals surface area contributed by atoms with Crippen LogP contribution in [-0.4, -0.2) is 52.4 Å². The first kappa shape index (κ1) is 23.7. The van der Waals surface area contributed by atoms with Gasteiger partial charge in [0.05, 0.1) is 4.90 Å². The van der Waals surface area contributed by atoms with Crippen molar-refractivity contribution in [3.8, 4) is 11.5 Å². The predicted molar refractivity (Wildman–Crippen MR) is 121 cm³/mol. The van der Waals surface area contributed by atoms with E-state index in [4.69, 9.17) is 14.2 Å². The Morgan fingerprint density at radius 1 is 1.03 bits per heavy atom. The van der Waals surface area contributed by atoms with Crippen LogP contribution in [0.3, 0.4) is 0 Å². The Hall–Kier alpha value is -3.44. The quantitative estimate of drug-likeness (QED) is 0.310. The lowest BCUT2D eigenvalue weighted by atomic mass is 9.99. The number of sulfonamides is 1. The van der Waals surface area contributed by atoms with Gasteiger partial charge in [-0.3, -0.25) is 14.4 Å². The smallest absolute Gasteiger partial charge is 0.306 e. The summed E-state index contributed by atoms with van der Waals surface area (Å²) in [7, 11) is -3.78. The molecule has 0 bridgehead atoms. The van der Waals surface area contributed by atoms with Gasteiger partial charge in [-0.15, -0.1) is 0 Å². The van der Waals surface area contributed by atoms with Crippen molar-refractivity contribution >= 4 is 33.4 Å². The molecule has 180 valence electrons. The first-order chi connectivity index (χ1) is 16.3. The topological polar surface area (TPSA) is 137 Å². The van der Waals surface area contributed by atoms with E-state index in [0.29, 0.717) is 48.8 Å². The molecule has 2 aromatic carbocycles. The molecule has 0 unspecified atom stereocenters. The molecule has 2 N–H and O–H groups in total. The van der Waals surface area contributed by atoms with Gasteiger partial charge in [-0.25, -0.2) is 13.1 Å². The van der Waals surface area contributed by atoms with Crippen LogP contribution in [0.15, 0.2) is 41.3 Å². The summed E-state index contributed by atoms with van der Waals surface area (Å²) in [6.45, 7) is 0.370. The van der Waals surface area contributed by atoms with Gasteiger partial charge in [-0.1, -0.05) is 0 Å². The molecule has 1 amide bonds. The second-order valence-corrected chi connectivity index (χ2v) is 9.58. The number of nitrogens with one attached hydrogen (secondary N) is 2. The van der Waals surface area contributed by atoms with Crippen molar-refractivity contribution in [3.63, 3.8) is 0 Å². The van der Waals surface area contributed by atoms with Gasteiger partial charge >= 0.3 is 5.97 Å². The van der Waals surface area contributed by atoms with Crippen LogP contribution < -0.4 is 19.5 Å². The molecule has 2 aliphatic heterocycles. The van der Waals surface area contributed by atoms with Gasteiger partial charge in [-0.05, 0) is 48.7 Å². The molecule has 0 aromatic heterocycles. The third kappa shape index (κ3) is 5.72. The monoisotopic (exact) mass is 488 g/mol. The number of carbonyl (C=O) groups is 3. The Labute approximate surface area is 196 Å². The standard InChI is InChI=1S/C23H24N2O8S/c26-19(16-3-6-18-15(12-16)4-8-22(27)25-18)14-33-23(28)2-1-9-24-34(29,30)17-5-7-20-21(13-17)32-11-10-31-20/h3,5-7,12-13,24H,1-2,4,8-11,14H2,(H,25,27). The zero-order chi connectivity index (χ0) is 24.1. The summed E-state index contributed by atoms with van der Waals surface area (Å²) in [6, 6.07) is 9.28. The Bertz CT molecular complexity index is 1230. The molecule has 2 aromatic rings. The maximum atomic E-state index is 12.5. The van der Waals surface area contributed by atoms with E-state index >= 15 is 0 Å². The second-order valence-electron chi connectivity index (χ2n) is 7.81. The van der Waals surface area contributed by atoms with Crippen molar-refractivity contribution in [1.29, 1.82) is 0 Å². The summed E-state index contributed by atoms with van der Waals surface area (Å²) in [6.07, 6.45) is 1.06. The number of ketones is 1. The SMILES string of the molecule is O=C1CCc2cc(C(=O)COC(=O)CCCNS(=O)(=O)c3ccc4c(c3)OCCO4)ccc2N1. The molecule has 0 radical (unpaired) electrons. The third-order valence-corrected chi connectivity index (χ3v) is 6.82. The molecular weight excluding hydrogens is 464 g/mol. The highest BCUT2D eigenvalue weighted by atomic mass is 32.2. The summed E-state index contributed by atoms with van der Waals surface area (Å²) in [4.78, 5) is 35.8. The third-order valence-electron chi connectivity index (χ3n) is 5.36. The summed E-state index contributed by atoms with van der Waals surface area (Å²) < 4.78 is 43.2. The van der Waals surface area contributed by atoms with E-state index in [2.05, 4.69) is 10.0 Å². The summed E-state index contributed by atoms with van der Waals surface area (Å²) in [5, 5.41) is 2.74. The number of hydrogen-bond acceptors (Lipinski definition) is 8. The number of Topliss-reactive ketones (excluding diaryl/α,β-unsaturated/α-hetero) is 1. The van der Waals surface area contributed by atoms with E-state index in [1.54, 1.807) is 18.2 Å². The summed E-state index contributed by atoms with van der Waals surface area (Å²) in [5.74, 6) is -0.158. The summed E-state index contributed by atoms with van der Waals surface area (Å²) in [5.41, 5.74) is 1.94. The van der Waals surface area contributed by atoms with Crippen molar-refractivity contribution in [2.45, 2.75) is 30.6 Å². The normalized spacial score (nSPS) is 14.6. The largest absolute Gasteiger partial charge is 0.486 e. The van der Waals surface area contributed by atoms with Crippen LogP contribution in [0, 0.1) is 0 Å². The van der Waals surface area contributed by atoms with Crippen LogP contribution in [-0.2, 0) is 30.8 Å². The van der Waals surface area contributed by atoms with Gasteiger partial charge in [0.15, 0.2) is 23.9 Å². The average Bonchev–Trinajstić information content (AvgIpc) is 2.84. The number of carbonyl (C=O) groups excluding carboxylic acids is 3. The lowest BCUT2D eigenvalue weighted by molar-refractivity contribution is -0.142. The first-order valence-electron chi connectivity index (χ1n) is 10.8. The van der Waals surface area contributed by atoms with E-state index in [1.165, 1.54) is 18.2 Å². The highest BCUT2D eigenvalue weighted by Gasteiger charge is 2.20. The zero-order valence-electron chi connectivity index (χ0n) is 18.3. The van der Waals surface area contributed by atoms with Crippen LogP contribution in [0.1, 0.15) is 35.2 Å². The fourth-order valence-electron chi connectivity index (χ4n) is 3.57. The lowest BCUT2D eigenvalue weighted by Gasteiger charge is -2.18. The number of rotatable bonds is 9. The van der Waals surface area contributed by atoms with Gasteiger partial charge in [-0.2, -0.15) is 0 Å². The van der Waals surface area contributed by atoms with Gasteiger partial charge < -0.3 is 19.5 Å². The number of esters is 1. The predicted octanol–water partition coefficient (Wildman–Crippen LogP) is 1.83. The highest BCUT2D eigenvalue weighted by molar-refractivity contribution is 7.89. The van der Waals surface area contributed by atoms with Crippen LogP contribution >= 0.6 is 0 Å². The number of ether oxygens (including phenoxy) is 3. The minimum absolute atomic E-state index is 0.0242. The molecule has 0 saturated carbocycles. The number of fused-ring (bicyclic) bond motifs is 2. The van der Waals surface area contributed by atoms with E-state index in [-0.39, 0.29) is 36.0 Å². The van der Waals surface area contributed by atoms with Crippen molar-refractivity contribution in [2.24, 2.45) is 0 Å². The minimum atomic E-state index is -3.78. The molecule has 0 spiro atoms. The minimum Gasteiger partial charge on any atom is -0.486 e. The van der Waals surface area contributed by atoms with E-state index in [0.717, 1.165) is 5.56 Å². The average molecular weight is 489 g/mol. The van der Waals surface area contributed by atoms with Gasteiger partial charge in [0.1, 0.15) is 13.2 Å². The van der Waals surface area contributed by atoms with E-state index < -0.39 is 22.6 Å². The molecule has 4 rings (SSSR count). The lowest BCUT2D eigenvalue weighted by Crippen LogP contribution is -2.26. The molecule has 0 atom stereocenters. The van der Waals surface area contributed by atoms with Crippen LogP contribution in [0.4, 0.5) is 5.69 Å². The van der Waals surface area contributed by atoms with E-state index in [1.807, 2.05) is 0 Å². The number of amides is 1. The second kappa shape index (κ2) is 10.2.